The molecule has 0 aliphatic rings. The second kappa shape index (κ2) is 9.97. The number of halogens is 1. The van der Waals surface area contributed by atoms with E-state index >= 15 is 0 Å². The van der Waals surface area contributed by atoms with Crippen molar-refractivity contribution in [2.24, 2.45) is 0 Å². The van der Waals surface area contributed by atoms with E-state index in [0.717, 1.165) is 0 Å². The molecule has 7 heteroatoms. The third-order valence-corrected chi connectivity index (χ3v) is 4.04. The van der Waals surface area contributed by atoms with Crippen LogP contribution in [0.15, 0.2) is 78.9 Å². The molecule has 0 aromatic heterocycles. The van der Waals surface area contributed by atoms with E-state index in [4.69, 9.17) is 9.47 Å². The molecule has 3 rings (SSSR count). The van der Waals surface area contributed by atoms with E-state index in [9.17, 15) is 18.8 Å². The third kappa shape index (κ3) is 6.00. The van der Waals surface area contributed by atoms with Gasteiger partial charge in [-0.1, -0.05) is 18.2 Å². The molecule has 0 spiro atoms. The lowest BCUT2D eigenvalue weighted by Gasteiger charge is -2.08. The van der Waals surface area contributed by atoms with Gasteiger partial charge in [0.2, 0.25) is 0 Å². The van der Waals surface area contributed by atoms with Gasteiger partial charge in [0.15, 0.2) is 19.0 Å². The topological polar surface area (TPSA) is 81.7 Å². The first-order valence-corrected chi connectivity index (χ1v) is 9.05. The van der Waals surface area contributed by atoms with Crippen LogP contribution < -0.4 is 10.1 Å². The van der Waals surface area contributed by atoms with Gasteiger partial charge in [-0.3, -0.25) is 9.59 Å². The molecular weight excluding hydrogens is 389 g/mol. The summed E-state index contributed by atoms with van der Waals surface area (Å²) in [5, 5.41) is 2.73. The van der Waals surface area contributed by atoms with Gasteiger partial charge in [0, 0.05) is 16.8 Å². The van der Waals surface area contributed by atoms with E-state index in [-0.39, 0.29) is 5.91 Å². The Hall–Kier alpha value is -4.00. The van der Waals surface area contributed by atoms with Gasteiger partial charge in [0.05, 0.1) is 0 Å². The molecule has 0 radical (unpaired) electrons. The lowest BCUT2D eigenvalue weighted by molar-refractivity contribution is -0.144. The molecule has 3 aromatic rings. The van der Waals surface area contributed by atoms with Gasteiger partial charge in [-0.15, -0.1) is 0 Å². The van der Waals surface area contributed by atoms with Crippen molar-refractivity contribution in [1.82, 2.24) is 0 Å². The van der Waals surface area contributed by atoms with Crippen molar-refractivity contribution in [2.75, 3.05) is 18.5 Å². The monoisotopic (exact) mass is 407 g/mol. The van der Waals surface area contributed by atoms with Crippen molar-refractivity contribution < 1.29 is 28.2 Å². The molecule has 0 atom stereocenters. The Bertz CT molecular complexity index is 1020. The quantitative estimate of drug-likeness (QED) is 0.453. The number of carbonyl (C=O) groups is 3. The molecule has 6 nitrogen and oxygen atoms in total. The zero-order valence-corrected chi connectivity index (χ0v) is 15.8. The van der Waals surface area contributed by atoms with Gasteiger partial charge in [-0.2, -0.15) is 0 Å². The molecule has 0 saturated heterocycles. The Morgan fingerprint density at radius 3 is 2.10 bits per heavy atom. The van der Waals surface area contributed by atoms with Crippen molar-refractivity contribution >= 4 is 23.3 Å². The molecule has 0 fully saturated rings. The van der Waals surface area contributed by atoms with Crippen molar-refractivity contribution in [3.8, 4) is 5.75 Å². The largest absolute Gasteiger partial charge is 0.482 e. The van der Waals surface area contributed by atoms with Crippen LogP contribution in [0.25, 0.3) is 0 Å². The Morgan fingerprint density at radius 2 is 1.43 bits per heavy atom. The highest BCUT2D eigenvalue weighted by molar-refractivity contribution is 6.04. The van der Waals surface area contributed by atoms with E-state index in [1.807, 2.05) is 6.07 Å². The molecule has 0 unspecified atom stereocenters. The van der Waals surface area contributed by atoms with Crippen molar-refractivity contribution in [3.63, 3.8) is 0 Å². The summed E-state index contributed by atoms with van der Waals surface area (Å²) >= 11 is 0. The van der Waals surface area contributed by atoms with E-state index in [1.165, 1.54) is 36.4 Å². The minimum absolute atomic E-state index is 0.259. The third-order valence-electron chi connectivity index (χ3n) is 4.04. The number of anilines is 1. The fourth-order valence-corrected chi connectivity index (χ4v) is 2.48. The average molecular weight is 407 g/mol. The van der Waals surface area contributed by atoms with Gasteiger partial charge >= 0.3 is 5.97 Å². The molecule has 0 aliphatic heterocycles. The summed E-state index contributed by atoms with van der Waals surface area (Å²) in [5.74, 6) is -1.48. The summed E-state index contributed by atoms with van der Waals surface area (Å²) in [6.45, 7) is -0.843. The molecule has 0 heterocycles. The van der Waals surface area contributed by atoms with Crippen LogP contribution in [0, 0.1) is 5.82 Å². The van der Waals surface area contributed by atoms with Crippen LogP contribution >= 0.6 is 0 Å². The Labute approximate surface area is 172 Å². The first-order chi connectivity index (χ1) is 14.5. The van der Waals surface area contributed by atoms with E-state index in [1.54, 1.807) is 36.4 Å². The minimum atomic E-state index is -0.723. The predicted octanol–water partition coefficient (Wildman–Crippen LogP) is 3.88. The first kappa shape index (κ1) is 20.7. The van der Waals surface area contributed by atoms with Gasteiger partial charge in [-0.05, 0) is 60.7 Å². The minimum Gasteiger partial charge on any atom is -0.482 e. The van der Waals surface area contributed by atoms with Crippen molar-refractivity contribution in [3.05, 3.63) is 95.8 Å². The fourth-order valence-electron chi connectivity index (χ4n) is 2.48. The highest BCUT2D eigenvalue weighted by atomic mass is 19.1. The van der Waals surface area contributed by atoms with Crippen molar-refractivity contribution in [2.45, 2.75) is 0 Å². The van der Waals surface area contributed by atoms with Crippen molar-refractivity contribution in [1.29, 1.82) is 0 Å². The van der Waals surface area contributed by atoms with Gasteiger partial charge in [-0.25, -0.2) is 9.18 Å². The lowest BCUT2D eigenvalue weighted by Crippen LogP contribution is -2.19. The molecule has 3 aromatic carbocycles. The second-order valence-electron chi connectivity index (χ2n) is 6.22. The van der Waals surface area contributed by atoms with Crippen LogP contribution in [0.4, 0.5) is 10.1 Å². The van der Waals surface area contributed by atoms with Crippen LogP contribution in [0.3, 0.4) is 0 Å². The predicted molar refractivity (Wildman–Crippen MR) is 108 cm³/mol. The molecule has 152 valence electrons. The Balaban J connectivity index is 1.45. The highest BCUT2D eigenvalue weighted by Gasteiger charge is 2.12. The van der Waals surface area contributed by atoms with Crippen LogP contribution in [0.2, 0.25) is 0 Å². The second-order valence-corrected chi connectivity index (χ2v) is 6.22. The first-order valence-electron chi connectivity index (χ1n) is 9.05. The molecular formula is C23H18FNO5. The van der Waals surface area contributed by atoms with Crippen LogP contribution in [0.1, 0.15) is 20.7 Å². The number of amides is 1. The molecule has 0 saturated carbocycles. The molecule has 0 bridgehead atoms. The number of hydrogen-bond donors (Lipinski definition) is 1. The maximum atomic E-state index is 12.8. The number of ketones is 1. The van der Waals surface area contributed by atoms with E-state index in [0.29, 0.717) is 22.6 Å². The van der Waals surface area contributed by atoms with E-state index < -0.39 is 30.8 Å². The molecule has 0 aliphatic carbocycles. The smallest absolute Gasteiger partial charge is 0.344 e. The Morgan fingerprint density at radius 1 is 0.767 bits per heavy atom. The maximum absolute atomic E-state index is 12.8. The van der Waals surface area contributed by atoms with Gasteiger partial charge in [0.1, 0.15) is 11.6 Å². The number of nitrogens with one attached hydrogen (secondary N) is 1. The summed E-state index contributed by atoms with van der Waals surface area (Å²) in [5.41, 5.74) is 1.39. The van der Waals surface area contributed by atoms with Crippen LogP contribution in [-0.4, -0.2) is 30.9 Å². The summed E-state index contributed by atoms with van der Waals surface area (Å²) in [6.07, 6.45) is 0. The van der Waals surface area contributed by atoms with Gasteiger partial charge in [0.25, 0.3) is 5.91 Å². The molecule has 1 N–H and O–H groups in total. The zero-order valence-electron chi connectivity index (χ0n) is 15.8. The van der Waals surface area contributed by atoms with Crippen LogP contribution in [0.5, 0.6) is 5.75 Å². The number of rotatable bonds is 8. The number of benzene rings is 3. The standard InChI is InChI=1S/C23H18FNO5/c24-18-8-12-20(13-9-18)29-15-22(27)30-14-21(26)16-6-10-19(11-7-16)25-23(28)17-4-2-1-3-5-17/h1-13H,14-15H2,(H,25,28). The summed E-state index contributed by atoms with van der Waals surface area (Å²) in [7, 11) is 0. The number of ether oxygens (including phenoxy) is 2. The van der Waals surface area contributed by atoms with E-state index in [2.05, 4.69) is 5.32 Å². The number of carbonyl (C=O) groups excluding carboxylic acids is 3. The fraction of sp³-hybridized carbons (Fsp3) is 0.0870. The number of Topliss-reactive ketones (excluding diaryl/α,β-unsaturated/α-hetero) is 1. The lowest BCUT2D eigenvalue weighted by atomic mass is 10.1. The molecule has 30 heavy (non-hydrogen) atoms. The van der Waals surface area contributed by atoms with Gasteiger partial charge < -0.3 is 14.8 Å². The average Bonchev–Trinajstić information content (AvgIpc) is 2.78. The normalized spacial score (nSPS) is 10.2. The number of esters is 1. The zero-order chi connectivity index (χ0) is 21.3. The maximum Gasteiger partial charge on any atom is 0.344 e. The highest BCUT2D eigenvalue weighted by Crippen LogP contribution is 2.13. The number of hydrogen-bond acceptors (Lipinski definition) is 5. The Kier molecular flexibility index (Phi) is 6.89. The summed E-state index contributed by atoms with van der Waals surface area (Å²) in [6, 6.07) is 20.2. The summed E-state index contributed by atoms with van der Waals surface area (Å²) < 4.78 is 22.9. The molecule has 1 amide bonds. The van der Waals surface area contributed by atoms with Crippen LogP contribution in [-0.2, 0) is 9.53 Å². The SMILES string of the molecule is O=C(COc1ccc(F)cc1)OCC(=O)c1ccc(NC(=O)c2ccccc2)cc1. The summed E-state index contributed by atoms with van der Waals surface area (Å²) in [4.78, 5) is 36.0.